The van der Waals surface area contributed by atoms with Crippen molar-refractivity contribution in [3.8, 4) is 0 Å². The summed E-state index contributed by atoms with van der Waals surface area (Å²) in [7, 11) is 2.00. The summed E-state index contributed by atoms with van der Waals surface area (Å²) in [5, 5.41) is 12.7. The van der Waals surface area contributed by atoms with E-state index in [1.807, 2.05) is 7.05 Å². The molecule has 3 fully saturated rings. The Bertz CT molecular complexity index is 157. The van der Waals surface area contributed by atoms with Crippen LogP contribution in [0.25, 0.3) is 0 Å². The first-order valence-electron chi connectivity index (χ1n) is 5.10. The second-order valence-electron chi connectivity index (χ2n) is 4.49. The lowest BCUT2D eigenvalue weighted by Gasteiger charge is -2.51. The summed E-state index contributed by atoms with van der Waals surface area (Å²) in [5.41, 5.74) is 0.0845. The van der Waals surface area contributed by atoms with Gasteiger partial charge in [-0.1, -0.05) is 12.8 Å². The molecule has 1 atom stereocenters. The molecule has 3 saturated carbocycles. The first-order chi connectivity index (χ1) is 5.80. The van der Waals surface area contributed by atoms with Gasteiger partial charge in [0.05, 0.1) is 6.61 Å². The normalized spacial score (nSPS) is 46.5. The molecule has 12 heavy (non-hydrogen) atoms. The van der Waals surface area contributed by atoms with Gasteiger partial charge in [-0.15, -0.1) is 0 Å². The van der Waals surface area contributed by atoms with E-state index in [0.29, 0.717) is 6.61 Å². The minimum absolute atomic E-state index is 0.0845. The number of fused-ring (bicyclic) bond motifs is 3. The standard InChI is InChI=1S/C10H19NO/c1-11-10(7-12)6-8-2-4-9(10)5-3-8/h8-9,11-12H,2-7H2,1H3. The first kappa shape index (κ1) is 8.52. The minimum Gasteiger partial charge on any atom is -0.394 e. The highest BCUT2D eigenvalue weighted by atomic mass is 16.3. The number of aliphatic hydroxyl groups excluding tert-OH is 1. The predicted octanol–water partition coefficient (Wildman–Crippen LogP) is 1.15. The number of aliphatic hydroxyl groups is 1. The Labute approximate surface area is 74.4 Å². The molecule has 2 bridgehead atoms. The van der Waals surface area contributed by atoms with Crippen LogP contribution in [0.4, 0.5) is 0 Å². The topological polar surface area (TPSA) is 32.3 Å². The van der Waals surface area contributed by atoms with E-state index in [9.17, 15) is 5.11 Å². The maximum atomic E-state index is 9.40. The maximum Gasteiger partial charge on any atom is 0.0616 e. The molecule has 0 spiro atoms. The first-order valence-corrected chi connectivity index (χ1v) is 5.10. The average molecular weight is 169 g/mol. The summed E-state index contributed by atoms with van der Waals surface area (Å²) >= 11 is 0. The van der Waals surface area contributed by atoms with Crippen LogP contribution >= 0.6 is 0 Å². The molecule has 2 N–H and O–H groups in total. The molecule has 0 saturated heterocycles. The van der Waals surface area contributed by atoms with Crippen molar-refractivity contribution < 1.29 is 5.11 Å². The van der Waals surface area contributed by atoms with Gasteiger partial charge in [0.25, 0.3) is 0 Å². The quantitative estimate of drug-likeness (QED) is 0.650. The number of hydrogen-bond acceptors (Lipinski definition) is 2. The van der Waals surface area contributed by atoms with Gasteiger partial charge in [0.1, 0.15) is 0 Å². The fourth-order valence-corrected chi connectivity index (χ4v) is 3.18. The van der Waals surface area contributed by atoms with Gasteiger partial charge in [-0.25, -0.2) is 0 Å². The molecule has 3 aliphatic rings. The highest BCUT2D eigenvalue weighted by Gasteiger charge is 2.45. The van der Waals surface area contributed by atoms with Gasteiger partial charge in [-0.05, 0) is 38.1 Å². The zero-order chi connectivity index (χ0) is 8.60. The SMILES string of the molecule is CNC1(CO)CC2CCC1CC2. The Kier molecular flexibility index (Phi) is 2.13. The molecule has 0 radical (unpaired) electrons. The van der Waals surface area contributed by atoms with Crippen molar-refractivity contribution in [1.82, 2.24) is 5.32 Å². The summed E-state index contributed by atoms with van der Waals surface area (Å²) in [6.45, 7) is 0.324. The number of nitrogens with one attached hydrogen (secondary N) is 1. The fourth-order valence-electron chi connectivity index (χ4n) is 3.18. The molecule has 2 heteroatoms. The molecule has 0 heterocycles. The third-order valence-electron chi connectivity index (χ3n) is 4.06. The maximum absolute atomic E-state index is 9.40. The molecular weight excluding hydrogens is 150 g/mol. The van der Waals surface area contributed by atoms with Crippen LogP contribution in [0, 0.1) is 11.8 Å². The van der Waals surface area contributed by atoms with Crippen molar-refractivity contribution in [2.75, 3.05) is 13.7 Å². The summed E-state index contributed by atoms with van der Waals surface area (Å²) in [5.74, 6) is 1.62. The van der Waals surface area contributed by atoms with Crippen molar-refractivity contribution in [2.24, 2.45) is 11.8 Å². The monoisotopic (exact) mass is 169 g/mol. The van der Waals surface area contributed by atoms with Crippen LogP contribution in [0.1, 0.15) is 32.1 Å². The van der Waals surface area contributed by atoms with E-state index in [2.05, 4.69) is 5.32 Å². The van der Waals surface area contributed by atoms with Gasteiger partial charge < -0.3 is 10.4 Å². The van der Waals surface area contributed by atoms with E-state index < -0.39 is 0 Å². The van der Waals surface area contributed by atoms with Crippen LogP contribution in [-0.2, 0) is 0 Å². The lowest BCUT2D eigenvalue weighted by atomic mass is 9.60. The average Bonchev–Trinajstić information content (AvgIpc) is 2.19. The Morgan fingerprint density at radius 2 is 2.00 bits per heavy atom. The van der Waals surface area contributed by atoms with Crippen LogP contribution in [0.15, 0.2) is 0 Å². The van der Waals surface area contributed by atoms with Crippen molar-refractivity contribution in [1.29, 1.82) is 0 Å². The van der Waals surface area contributed by atoms with Crippen LogP contribution in [0.5, 0.6) is 0 Å². The third kappa shape index (κ3) is 1.09. The summed E-state index contributed by atoms with van der Waals surface area (Å²) in [6.07, 6.45) is 6.64. The molecule has 2 nitrogen and oxygen atoms in total. The molecule has 0 aliphatic heterocycles. The van der Waals surface area contributed by atoms with E-state index in [1.54, 1.807) is 0 Å². The summed E-state index contributed by atoms with van der Waals surface area (Å²) < 4.78 is 0. The second kappa shape index (κ2) is 3.00. The largest absolute Gasteiger partial charge is 0.394 e. The molecule has 0 aromatic heterocycles. The lowest BCUT2D eigenvalue weighted by Crippen LogP contribution is -2.58. The van der Waals surface area contributed by atoms with E-state index in [0.717, 1.165) is 11.8 Å². The van der Waals surface area contributed by atoms with Crippen LogP contribution in [0.2, 0.25) is 0 Å². The molecule has 0 aromatic carbocycles. The molecular formula is C10H19NO. The van der Waals surface area contributed by atoms with Gasteiger partial charge in [-0.2, -0.15) is 0 Å². The minimum atomic E-state index is 0.0845. The second-order valence-corrected chi connectivity index (χ2v) is 4.49. The van der Waals surface area contributed by atoms with Crippen LogP contribution in [0.3, 0.4) is 0 Å². The smallest absolute Gasteiger partial charge is 0.0616 e. The highest BCUT2D eigenvalue weighted by molar-refractivity contribution is 5.02. The lowest BCUT2D eigenvalue weighted by molar-refractivity contribution is 0.00490. The highest BCUT2D eigenvalue weighted by Crippen LogP contribution is 2.46. The Balaban J connectivity index is 2.15. The van der Waals surface area contributed by atoms with Gasteiger partial charge in [0.2, 0.25) is 0 Å². The molecule has 3 rings (SSSR count). The fraction of sp³-hybridized carbons (Fsp3) is 1.00. The van der Waals surface area contributed by atoms with Gasteiger partial charge in [0, 0.05) is 5.54 Å². The van der Waals surface area contributed by atoms with Crippen molar-refractivity contribution in [3.05, 3.63) is 0 Å². The molecule has 1 unspecified atom stereocenters. The van der Waals surface area contributed by atoms with Crippen molar-refractivity contribution in [3.63, 3.8) is 0 Å². The van der Waals surface area contributed by atoms with E-state index >= 15 is 0 Å². The Morgan fingerprint density at radius 1 is 1.33 bits per heavy atom. The van der Waals surface area contributed by atoms with Crippen molar-refractivity contribution >= 4 is 0 Å². The molecule has 3 aliphatic carbocycles. The van der Waals surface area contributed by atoms with Crippen LogP contribution in [-0.4, -0.2) is 24.3 Å². The van der Waals surface area contributed by atoms with Gasteiger partial charge in [0.15, 0.2) is 0 Å². The zero-order valence-corrected chi connectivity index (χ0v) is 7.84. The van der Waals surface area contributed by atoms with Crippen molar-refractivity contribution in [2.45, 2.75) is 37.6 Å². The van der Waals surface area contributed by atoms with E-state index in [-0.39, 0.29) is 5.54 Å². The summed E-state index contributed by atoms with van der Waals surface area (Å²) in [4.78, 5) is 0. The van der Waals surface area contributed by atoms with Crippen LogP contribution < -0.4 is 5.32 Å². The third-order valence-corrected chi connectivity index (χ3v) is 4.06. The van der Waals surface area contributed by atoms with E-state index in [4.69, 9.17) is 0 Å². The van der Waals surface area contributed by atoms with Gasteiger partial charge >= 0.3 is 0 Å². The number of likely N-dealkylation sites (N-methyl/N-ethyl adjacent to an activating group) is 1. The van der Waals surface area contributed by atoms with E-state index in [1.165, 1.54) is 32.1 Å². The predicted molar refractivity (Wildman–Crippen MR) is 48.9 cm³/mol. The number of rotatable bonds is 2. The van der Waals surface area contributed by atoms with Gasteiger partial charge in [-0.3, -0.25) is 0 Å². The Morgan fingerprint density at radius 3 is 2.25 bits per heavy atom. The molecule has 0 aromatic rings. The molecule has 70 valence electrons. The molecule has 0 amide bonds. The Hall–Kier alpha value is -0.0800. The summed E-state index contributed by atoms with van der Waals surface area (Å²) in [6, 6.07) is 0. The number of hydrogen-bond donors (Lipinski definition) is 2. The zero-order valence-electron chi connectivity index (χ0n) is 7.84.